The first-order valence-corrected chi connectivity index (χ1v) is 8.51. The summed E-state index contributed by atoms with van der Waals surface area (Å²) in [6.07, 6.45) is 1.65. The van der Waals surface area contributed by atoms with Crippen molar-refractivity contribution >= 4 is 52.2 Å². The zero-order valence-corrected chi connectivity index (χ0v) is 14.5. The number of hydrogen-bond acceptors (Lipinski definition) is 4. The molecule has 0 bridgehead atoms. The number of hydrogen-bond donors (Lipinski definition) is 1. The average molecular weight is 380 g/mol. The molecule has 0 unspecified atom stereocenters. The molecule has 0 aliphatic carbocycles. The molecule has 0 atom stereocenters. The predicted molar refractivity (Wildman–Crippen MR) is 96.3 cm³/mol. The molecule has 24 heavy (non-hydrogen) atoms. The first-order chi connectivity index (χ1) is 11.5. The molecule has 0 aromatic heterocycles. The third-order valence-electron chi connectivity index (χ3n) is 3.26. The van der Waals surface area contributed by atoms with Crippen LogP contribution in [0.25, 0.3) is 6.08 Å². The van der Waals surface area contributed by atoms with E-state index in [0.29, 0.717) is 20.7 Å². The van der Waals surface area contributed by atoms with Gasteiger partial charge in [-0.15, -0.1) is 0 Å². The zero-order valence-electron chi connectivity index (χ0n) is 12.2. The van der Waals surface area contributed by atoms with Crippen molar-refractivity contribution in [3.05, 3.63) is 68.5 Å². The zero-order chi connectivity index (χ0) is 17.1. The number of nitrogens with one attached hydrogen (secondary N) is 1. The Morgan fingerprint density at radius 2 is 1.71 bits per heavy atom. The molecule has 2 aromatic carbocycles. The number of carbonyl (C=O) groups excluding carboxylic acids is 2. The fourth-order valence-electron chi connectivity index (χ4n) is 2.06. The molecule has 1 saturated heterocycles. The van der Waals surface area contributed by atoms with Crippen LogP contribution in [0.5, 0.6) is 5.75 Å². The Labute approximate surface area is 152 Å². The molecule has 0 radical (unpaired) electrons. The normalized spacial score (nSPS) is 15.7. The van der Waals surface area contributed by atoms with Crippen molar-refractivity contribution in [3.63, 3.8) is 0 Å². The SMILES string of the molecule is O=C1NC(=O)C(=Cc2ccc(OCc3c(Cl)cccc3Cl)cc2)S1. The van der Waals surface area contributed by atoms with Crippen LogP contribution in [0.1, 0.15) is 11.1 Å². The van der Waals surface area contributed by atoms with Gasteiger partial charge in [0.25, 0.3) is 11.1 Å². The van der Waals surface area contributed by atoms with Crippen LogP contribution in [-0.4, -0.2) is 11.1 Å². The summed E-state index contributed by atoms with van der Waals surface area (Å²) in [5, 5.41) is 2.96. The van der Waals surface area contributed by atoms with Gasteiger partial charge in [-0.1, -0.05) is 41.4 Å². The second-order valence-electron chi connectivity index (χ2n) is 4.91. The predicted octanol–water partition coefficient (Wildman–Crippen LogP) is 4.90. The van der Waals surface area contributed by atoms with E-state index in [2.05, 4.69) is 5.32 Å². The Kier molecular flexibility index (Phi) is 5.14. The van der Waals surface area contributed by atoms with Gasteiger partial charge >= 0.3 is 0 Å². The quantitative estimate of drug-likeness (QED) is 0.767. The number of carbonyl (C=O) groups is 2. The Hall–Kier alpha value is -1.95. The molecular weight excluding hydrogens is 369 g/mol. The van der Waals surface area contributed by atoms with Gasteiger partial charge in [0, 0.05) is 15.6 Å². The molecule has 7 heteroatoms. The second-order valence-corrected chi connectivity index (χ2v) is 6.74. The maximum atomic E-state index is 11.5. The molecule has 1 fully saturated rings. The molecule has 0 saturated carbocycles. The minimum absolute atomic E-state index is 0.256. The fourth-order valence-corrected chi connectivity index (χ4v) is 3.25. The lowest BCUT2D eigenvalue weighted by atomic mass is 10.2. The summed E-state index contributed by atoms with van der Waals surface area (Å²) >= 11 is 13.1. The highest BCUT2D eigenvalue weighted by Crippen LogP contribution is 2.28. The number of amides is 2. The van der Waals surface area contributed by atoms with Gasteiger partial charge in [0.1, 0.15) is 12.4 Å². The van der Waals surface area contributed by atoms with Crippen LogP contribution in [0.15, 0.2) is 47.4 Å². The molecule has 2 aromatic rings. The Morgan fingerprint density at radius 3 is 2.29 bits per heavy atom. The van der Waals surface area contributed by atoms with E-state index in [1.807, 2.05) is 0 Å². The summed E-state index contributed by atoms with van der Waals surface area (Å²) in [6, 6.07) is 12.4. The van der Waals surface area contributed by atoms with Crippen molar-refractivity contribution < 1.29 is 14.3 Å². The van der Waals surface area contributed by atoms with E-state index in [4.69, 9.17) is 27.9 Å². The second kappa shape index (κ2) is 7.30. The van der Waals surface area contributed by atoms with Crippen LogP contribution in [0.3, 0.4) is 0 Å². The molecular formula is C17H11Cl2NO3S. The van der Waals surface area contributed by atoms with Crippen LogP contribution < -0.4 is 10.1 Å². The first-order valence-electron chi connectivity index (χ1n) is 6.93. The lowest BCUT2D eigenvalue weighted by molar-refractivity contribution is -0.115. The van der Waals surface area contributed by atoms with Crippen molar-refractivity contribution in [1.82, 2.24) is 5.32 Å². The van der Waals surface area contributed by atoms with Gasteiger partial charge < -0.3 is 4.74 Å². The van der Waals surface area contributed by atoms with E-state index in [9.17, 15) is 9.59 Å². The van der Waals surface area contributed by atoms with Crippen molar-refractivity contribution in [2.75, 3.05) is 0 Å². The number of imide groups is 1. The van der Waals surface area contributed by atoms with Gasteiger partial charge in [-0.25, -0.2) is 0 Å². The molecule has 1 N–H and O–H groups in total. The highest BCUT2D eigenvalue weighted by Gasteiger charge is 2.24. The van der Waals surface area contributed by atoms with Crippen molar-refractivity contribution in [3.8, 4) is 5.75 Å². The van der Waals surface area contributed by atoms with Crippen molar-refractivity contribution in [1.29, 1.82) is 0 Å². The monoisotopic (exact) mass is 379 g/mol. The minimum atomic E-state index is -0.376. The summed E-state index contributed by atoms with van der Waals surface area (Å²) in [5.41, 5.74) is 1.52. The maximum Gasteiger partial charge on any atom is 0.290 e. The number of thioether (sulfide) groups is 1. The summed E-state index contributed by atoms with van der Waals surface area (Å²) < 4.78 is 5.69. The van der Waals surface area contributed by atoms with Crippen LogP contribution in [-0.2, 0) is 11.4 Å². The lowest BCUT2D eigenvalue weighted by Crippen LogP contribution is -2.17. The highest BCUT2D eigenvalue weighted by molar-refractivity contribution is 8.18. The molecule has 1 aliphatic heterocycles. The van der Waals surface area contributed by atoms with Crippen molar-refractivity contribution in [2.45, 2.75) is 6.61 Å². The van der Waals surface area contributed by atoms with Gasteiger partial charge in [0.05, 0.1) is 4.91 Å². The number of rotatable bonds is 4. The van der Waals surface area contributed by atoms with E-state index in [1.165, 1.54) is 0 Å². The van der Waals surface area contributed by atoms with Gasteiger partial charge in [-0.05, 0) is 47.7 Å². The smallest absolute Gasteiger partial charge is 0.290 e. The number of halogens is 2. The summed E-state index contributed by atoms with van der Waals surface area (Å²) in [4.78, 5) is 23.0. The standard InChI is InChI=1S/C17H11Cl2NO3S/c18-13-2-1-3-14(19)12(13)9-23-11-6-4-10(5-7-11)8-15-16(21)20-17(22)24-15/h1-8H,9H2,(H,20,21,22). The van der Waals surface area contributed by atoms with Gasteiger partial charge in [-0.3, -0.25) is 14.9 Å². The van der Waals surface area contributed by atoms with E-state index < -0.39 is 0 Å². The van der Waals surface area contributed by atoms with Gasteiger partial charge in [0.2, 0.25) is 0 Å². The number of benzene rings is 2. The average Bonchev–Trinajstić information content (AvgIpc) is 2.86. The third kappa shape index (κ3) is 3.93. The third-order valence-corrected chi connectivity index (χ3v) is 4.78. The van der Waals surface area contributed by atoms with Gasteiger partial charge in [-0.2, -0.15) is 0 Å². The highest BCUT2D eigenvalue weighted by atomic mass is 35.5. The van der Waals surface area contributed by atoms with Crippen LogP contribution in [0.4, 0.5) is 4.79 Å². The lowest BCUT2D eigenvalue weighted by Gasteiger charge is -2.09. The number of ether oxygens (including phenoxy) is 1. The van der Waals surface area contributed by atoms with E-state index in [-0.39, 0.29) is 17.8 Å². The summed E-state index contributed by atoms with van der Waals surface area (Å²) in [7, 11) is 0. The fraction of sp³-hybridized carbons (Fsp3) is 0.0588. The molecule has 3 rings (SSSR count). The molecule has 122 valence electrons. The van der Waals surface area contributed by atoms with E-state index in [1.54, 1.807) is 48.5 Å². The molecule has 1 heterocycles. The Bertz CT molecular complexity index is 814. The Balaban J connectivity index is 1.68. The maximum absolute atomic E-state index is 11.5. The Morgan fingerprint density at radius 1 is 1.04 bits per heavy atom. The van der Waals surface area contributed by atoms with Gasteiger partial charge in [0.15, 0.2) is 0 Å². The molecule has 2 amide bonds. The summed E-state index contributed by atoms with van der Waals surface area (Å²) in [6.45, 7) is 0.256. The largest absolute Gasteiger partial charge is 0.489 e. The van der Waals surface area contributed by atoms with Crippen LogP contribution >= 0.6 is 35.0 Å². The van der Waals surface area contributed by atoms with E-state index in [0.717, 1.165) is 22.9 Å². The summed E-state index contributed by atoms with van der Waals surface area (Å²) in [5.74, 6) is 0.270. The molecule has 0 spiro atoms. The molecule has 4 nitrogen and oxygen atoms in total. The van der Waals surface area contributed by atoms with Crippen molar-refractivity contribution in [2.24, 2.45) is 0 Å². The topological polar surface area (TPSA) is 55.4 Å². The first kappa shape index (κ1) is 16.9. The van der Waals surface area contributed by atoms with Crippen LogP contribution in [0, 0.1) is 0 Å². The molecule has 1 aliphatic rings. The van der Waals surface area contributed by atoms with Crippen LogP contribution in [0.2, 0.25) is 10.0 Å². The van der Waals surface area contributed by atoms with E-state index >= 15 is 0 Å². The minimum Gasteiger partial charge on any atom is -0.489 e.